The Labute approximate surface area is 160 Å². The summed E-state index contributed by atoms with van der Waals surface area (Å²) >= 11 is 0. The molecule has 3 heterocycles. The number of likely N-dealkylation sites (tertiary alicyclic amines) is 2. The summed E-state index contributed by atoms with van der Waals surface area (Å²) in [5.74, 6) is -1.35. The predicted octanol–water partition coefficient (Wildman–Crippen LogP) is 1.68. The van der Waals surface area contributed by atoms with Crippen LogP contribution in [0.3, 0.4) is 0 Å². The minimum atomic E-state index is -4.52. The lowest BCUT2D eigenvalue weighted by atomic mass is 9.56. The van der Waals surface area contributed by atoms with Crippen LogP contribution >= 0.6 is 0 Å². The minimum Gasteiger partial charge on any atom is -0.369 e. The third-order valence-electron chi connectivity index (χ3n) is 6.11. The fraction of sp³-hybridized carbons (Fsp3) is 0.667. The van der Waals surface area contributed by atoms with Crippen LogP contribution in [-0.4, -0.2) is 57.9 Å². The molecule has 10 heteroatoms. The smallest absolute Gasteiger partial charge is 0.369 e. The molecule has 28 heavy (non-hydrogen) atoms. The van der Waals surface area contributed by atoms with Gasteiger partial charge in [0.05, 0.1) is 5.92 Å². The normalized spacial score (nSPS) is 24.2. The number of alkyl halides is 3. The van der Waals surface area contributed by atoms with Crippen molar-refractivity contribution in [3.63, 3.8) is 0 Å². The third-order valence-corrected chi connectivity index (χ3v) is 6.11. The lowest BCUT2D eigenvalue weighted by Crippen LogP contribution is -2.65. The van der Waals surface area contributed by atoms with E-state index < -0.39 is 12.0 Å². The summed E-state index contributed by atoms with van der Waals surface area (Å²) in [7, 11) is 0. The van der Waals surface area contributed by atoms with E-state index in [1.165, 1.54) is 12.4 Å². The van der Waals surface area contributed by atoms with Gasteiger partial charge in [0.2, 0.25) is 11.7 Å². The van der Waals surface area contributed by atoms with Crippen LogP contribution in [0.2, 0.25) is 0 Å². The first kappa shape index (κ1) is 18.9. The Bertz CT molecular complexity index is 768. The molecule has 1 saturated carbocycles. The van der Waals surface area contributed by atoms with Crippen molar-refractivity contribution in [2.45, 2.75) is 31.9 Å². The molecule has 3 fully saturated rings. The molecule has 3 amide bonds. The summed E-state index contributed by atoms with van der Waals surface area (Å²) in [6, 6.07) is -0.0334. The molecule has 3 aliphatic rings. The zero-order valence-electron chi connectivity index (χ0n) is 15.3. The zero-order valence-corrected chi connectivity index (χ0v) is 15.3. The van der Waals surface area contributed by atoms with E-state index in [1.807, 2.05) is 0 Å². The monoisotopic (exact) mass is 397 g/mol. The Morgan fingerprint density at radius 1 is 1.18 bits per heavy atom. The molecule has 1 spiro atoms. The van der Waals surface area contributed by atoms with Crippen molar-refractivity contribution >= 4 is 11.9 Å². The van der Waals surface area contributed by atoms with Crippen molar-refractivity contribution in [1.29, 1.82) is 0 Å². The molecule has 7 nitrogen and oxygen atoms in total. The number of hydrogen-bond donors (Lipinski definition) is 1. The second kappa shape index (κ2) is 6.59. The molecule has 152 valence electrons. The van der Waals surface area contributed by atoms with E-state index >= 15 is 0 Å². The summed E-state index contributed by atoms with van der Waals surface area (Å²) in [6.45, 7) is 2.36. The summed E-state index contributed by atoms with van der Waals surface area (Å²) in [4.78, 5) is 34.0. The Hall–Kier alpha value is -2.39. The number of rotatable bonds is 3. The second-order valence-corrected chi connectivity index (χ2v) is 8.36. The van der Waals surface area contributed by atoms with Gasteiger partial charge in [-0.3, -0.25) is 4.79 Å². The molecule has 1 aliphatic carbocycles. The third kappa shape index (κ3) is 3.51. The van der Waals surface area contributed by atoms with Crippen molar-refractivity contribution in [2.24, 2.45) is 23.0 Å². The highest BCUT2D eigenvalue weighted by Crippen LogP contribution is 2.53. The maximum atomic E-state index is 12.5. The molecule has 0 bridgehead atoms. The highest BCUT2D eigenvalue weighted by atomic mass is 19.4. The molecule has 1 atom stereocenters. The van der Waals surface area contributed by atoms with Gasteiger partial charge in [0.1, 0.15) is 0 Å². The Morgan fingerprint density at radius 3 is 2.36 bits per heavy atom. The van der Waals surface area contributed by atoms with Crippen molar-refractivity contribution in [3.8, 4) is 0 Å². The van der Waals surface area contributed by atoms with Crippen LogP contribution in [0.25, 0.3) is 0 Å². The largest absolute Gasteiger partial charge is 0.451 e. The molecule has 4 rings (SSSR count). The van der Waals surface area contributed by atoms with Crippen LogP contribution in [0.5, 0.6) is 0 Å². The SMILES string of the molecule is NC(=O)[C@H]1CCN(C(=O)N2CC3(CC(Cc4cnc(C(F)(F)F)nc4)C3)C2)C1. The number of primary amides is 1. The standard InChI is InChI=1S/C18H22F3N5O2/c19-18(20,21)15-23-6-12(7-24-15)3-11-4-17(5-11)9-26(10-17)16(28)25-2-1-13(8-25)14(22)27/h6-7,11,13H,1-5,8-10H2,(H2,22,27)/t13-/m0/s1. The van der Waals surface area contributed by atoms with Gasteiger partial charge in [-0.1, -0.05) is 0 Å². The summed E-state index contributed by atoms with van der Waals surface area (Å²) < 4.78 is 37.5. The van der Waals surface area contributed by atoms with Crippen LogP contribution in [-0.2, 0) is 17.4 Å². The van der Waals surface area contributed by atoms with E-state index in [2.05, 4.69) is 9.97 Å². The average molecular weight is 397 g/mol. The quantitative estimate of drug-likeness (QED) is 0.840. The number of aromatic nitrogens is 2. The lowest BCUT2D eigenvalue weighted by molar-refractivity contribution is -0.145. The lowest BCUT2D eigenvalue weighted by Gasteiger charge is -2.59. The van der Waals surface area contributed by atoms with Gasteiger partial charge < -0.3 is 15.5 Å². The van der Waals surface area contributed by atoms with Crippen molar-refractivity contribution in [3.05, 3.63) is 23.8 Å². The first-order chi connectivity index (χ1) is 13.2. The molecule has 2 N–H and O–H groups in total. The van der Waals surface area contributed by atoms with Crippen LogP contribution in [0.15, 0.2) is 12.4 Å². The van der Waals surface area contributed by atoms with Gasteiger partial charge in [0.15, 0.2) is 0 Å². The molecule has 1 aromatic rings. The average Bonchev–Trinajstić information content (AvgIpc) is 3.05. The highest BCUT2D eigenvalue weighted by Gasteiger charge is 2.54. The van der Waals surface area contributed by atoms with Crippen LogP contribution in [0, 0.1) is 17.3 Å². The summed E-state index contributed by atoms with van der Waals surface area (Å²) in [5, 5.41) is 0. The number of carbonyl (C=O) groups is 2. The molecule has 0 radical (unpaired) electrons. The number of halogens is 3. The second-order valence-electron chi connectivity index (χ2n) is 8.36. The number of hydrogen-bond acceptors (Lipinski definition) is 4. The van der Waals surface area contributed by atoms with Gasteiger partial charge in [-0.2, -0.15) is 13.2 Å². The molecule has 1 aromatic heterocycles. The summed E-state index contributed by atoms with van der Waals surface area (Å²) in [6.07, 6.45) is 1.15. The van der Waals surface area contributed by atoms with Crippen molar-refractivity contribution in [2.75, 3.05) is 26.2 Å². The van der Waals surface area contributed by atoms with Crippen LogP contribution in [0.1, 0.15) is 30.7 Å². The number of carbonyl (C=O) groups excluding carboxylic acids is 2. The highest BCUT2D eigenvalue weighted by molar-refractivity contribution is 5.80. The molecule has 0 unspecified atom stereocenters. The fourth-order valence-corrected chi connectivity index (χ4v) is 4.77. The van der Waals surface area contributed by atoms with Gasteiger partial charge in [0, 0.05) is 44.0 Å². The first-order valence-corrected chi connectivity index (χ1v) is 9.36. The van der Waals surface area contributed by atoms with E-state index in [9.17, 15) is 22.8 Å². The van der Waals surface area contributed by atoms with Gasteiger partial charge >= 0.3 is 12.2 Å². The van der Waals surface area contributed by atoms with Crippen LogP contribution in [0.4, 0.5) is 18.0 Å². The molecular formula is C18H22F3N5O2. The van der Waals surface area contributed by atoms with Crippen molar-refractivity contribution in [1.82, 2.24) is 19.8 Å². The number of urea groups is 1. The number of nitrogens with zero attached hydrogens (tertiary/aromatic N) is 4. The van der Waals surface area contributed by atoms with Crippen LogP contribution < -0.4 is 5.73 Å². The van der Waals surface area contributed by atoms with E-state index in [0.717, 1.165) is 12.8 Å². The van der Waals surface area contributed by atoms with E-state index in [0.29, 0.717) is 50.5 Å². The first-order valence-electron chi connectivity index (χ1n) is 9.36. The van der Waals surface area contributed by atoms with E-state index in [1.54, 1.807) is 9.80 Å². The predicted molar refractivity (Wildman–Crippen MR) is 91.7 cm³/mol. The van der Waals surface area contributed by atoms with Gasteiger partial charge in [0.25, 0.3) is 0 Å². The van der Waals surface area contributed by atoms with Gasteiger partial charge in [-0.05, 0) is 37.2 Å². The minimum absolute atomic E-state index is 0.0334. The number of nitrogens with two attached hydrogens (primary N) is 1. The van der Waals surface area contributed by atoms with Crippen molar-refractivity contribution < 1.29 is 22.8 Å². The fourth-order valence-electron chi connectivity index (χ4n) is 4.77. The molecule has 2 saturated heterocycles. The summed E-state index contributed by atoms with van der Waals surface area (Å²) in [5.41, 5.74) is 6.15. The van der Waals surface area contributed by atoms with Gasteiger partial charge in [-0.15, -0.1) is 0 Å². The molecule has 2 aliphatic heterocycles. The number of amides is 3. The topological polar surface area (TPSA) is 92.4 Å². The zero-order chi connectivity index (χ0) is 20.1. The van der Waals surface area contributed by atoms with E-state index in [-0.39, 0.29) is 23.3 Å². The molecular weight excluding hydrogens is 375 g/mol. The molecule has 0 aromatic carbocycles. The van der Waals surface area contributed by atoms with E-state index in [4.69, 9.17) is 5.73 Å². The maximum absolute atomic E-state index is 12.5. The Morgan fingerprint density at radius 2 is 1.82 bits per heavy atom. The van der Waals surface area contributed by atoms with Gasteiger partial charge in [-0.25, -0.2) is 14.8 Å². The Balaban J connectivity index is 1.22. The Kier molecular flexibility index (Phi) is 4.46. The maximum Gasteiger partial charge on any atom is 0.451 e.